The van der Waals surface area contributed by atoms with Crippen LogP contribution in [0.2, 0.25) is 0 Å². The van der Waals surface area contributed by atoms with Crippen molar-refractivity contribution in [2.24, 2.45) is 0 Å². The number of thiophene rings is 1. The number of nitrogens with one attached hydrogen (secondary N) is 1. The molecule has 132 valence electrons. The second-order valence-corrected chi connectivity index (χ2v) is 7.24. The molecular weight excluding hydrogens is 416 g/mol. The minimum Gasteiger partial charge on any atom is -0.496 e. The standard InChI is InChI=1S/C15H13BrN2O6S/c1-8(24-15(20)12-5-6-13(16)25-12)14(19)17-10-4-3-9(23-2)7-11(10)18(21)22/h3-8H,1-2H3,(H,17,19). The van der Waals surface area contributed by atoms with Crippen LogP contribution < -0.4 is 10.1 Å². The van der Waals surface area contributed by atoms with Gasteiger partial charge >= 0.3 is 5.97 Å². The Morgan fingerprint density at radius 2 is 2.04 bits per heavy atom. The Bertz CT molecular complexity index is 822. The Balaban J connectivity index is 2.08. The van der Waals surface area contributed by atoms with Gasteiger partial charge in [-0.15, -0.1) is 11.3 Å². The van der Waals surface area contributed by atoms with Crippen LogP contribution in [0.25, 0.3) is 0 Å². The summed E-state index contributed by atoms with van der Waals surface area (Å²) in [7, 11) is 1.38. The zero-order valence-electron chi connectivity index (χ0n) is 13.1. The molecule has 1 aromatic heterocycles. The molecule has 2 rings (SSSR count). The van der Waals surface area contributed by atoms with Crippen molar-refractivity contribution >= 4 is 50.5 Å². The fraction of sp³-hybridized carbons (Fsp3) is 0.200. The summed E-state index contributed by atoms with van der Waals surface area (Å²) in [5.41, 5.74) is -0.342. The predicted molar refractivity (Wildman–Crippen MR) is 95.2 cm³/mol. The van der Waals surface area contributed by atoms with Gasteiger partial charge in [-0.2, -0.15) is 0 Å². The number of ether oxygens (including phenoxy) is 2. The molecule has 0 saturated carbocycles. The van der Waals surface area contributed by atoms with E-state index in [1.807, 2.05) is 0 Å². The molecule has 0 aliphatic rings. The molecule has 1 N–H and O–H groups in total. The van der Waals surface area contributed by atoms with Gasteiger partial charge in [0.25, 0.3) is 11.6 Å². The third-order valence-electron chi connectivity index (χ3n) is 3.09. The average Bonchev–Trinajstić information content (AvgIpc) is 3.01. The van der Waals surface area contributed by atoms with Crippen molar-refractivity contribution in [3.8, 4) is 5.75 Å². The smallest absolute Gasteiger partial charge is 0.349 e. The number of halogens is 1. The minimum atomic E-state index is -1.13. The molecule has 0 spiro atoms. The number of amides is 1. The maximum absolute atomic E-state index is 12.2. The van der Waals surface area contributed by atoms with E-state index in [0.29, 0.717) is 4.88 Å². The van der Waals surface area contributed by atoms with E-state index < -0.39 is 22.9 Å². The Labute approximate surface area is 155 Å². The number of benzene rings is 1. The lowest BCUT2D eigenvalue weighted by Gasteiger charge is -2.13. The summed E-state index contributed by atoms with van der Waals surface area (Å²) in [6, 6.07) is 7.26. The van der Waals surface area contributed by atoms with Gasteiger partial charge in [0, 0.05) is 0 Å². The van der Waals surface area contributed by atoms with E-state index in [1.165, 1.54) is 43.6 Å². The molecule has 1 atom stereocenters. The van der Waals surface area contributed by atoms with E-state index in [0.717, 1.165) is 3.79 Å². The Morgan fingerprint density at radius 1 is 1.32 bits per heavy atom. The summed E-state index contributed by atoms with van der Waals surface area (Å²) in [6.07, 6.45) is -1.13. The van der Waals surface area contributed by atoms with Gasteiger partial charge in [0.1, 0.15) is 16.3 Å². The first-order valence-electron chi connectivity index (χ1n) is 6.91. The number of nitro groups is 1. The maximum Gasteiger partial charge on any atom is 0.349 e. The van der Waals surface area contributed by atoms with Gasteiger partial charge in [0.15, 0.2) is 6.10 Å². The van der Waals surface area contributed by atoms with Crippen LogP contribution in [0.1, 0.15) is 16.6 Å². The van der Waals surface area contributed by atoms with E-state index in [2.05, 4.69) is 21.2 Å². The fourth-order valence-electron chi connectivity index (χ4n) is 1.83. The van der Waals surface area contributed by atoms with Gasteiger partial charge in [-0.25, -0.2) is 4.79 Å². The molecule has 1 amide bonds. The van der Waals surface area contributed by atoms with E-state index in [4.69, 9.17) is 9.47 Å². The maximum atomic E-state index is 12.2. The minimum absolute atomic E-state index is 0.0161. The number of esters is 1. The average molecular weight is 429 g/mol. The number of carbonyl (C=O) groups excluding carboxylic acids is 2. The highest BCUT2D eigenvalue weighted by Crippen LogP contribution is 2.29. The number of rotatable bonds is 6. The van der Waals surface area contributed by atoms with Gasteiger partial charge in [0.05, 0.1) is 21.9 Å². The molecule has 10 heteroatoms. The van der Waals surface area contributed by atoms with E-state index in [-0.39, 0.29) is 17.1 Å². The van der Waals surface area contributed by atoms with Crippen molar-refractivity contribution in [3.05, 3.63) is 49.1 Å². The Morgan fingerprint density at radius 3 is 2.60 bits per heavy atom. The molecule has 1 unspecified atom stereocenters. The number of nitro benzene ring substituents is 1. The number of carbonyl (C=O) groups is 2. The highest BCUT2D eigenvalue weighted by molar-refractivity contribution is 9.11. The third-order valence-corrected chi connectivity index (χ3v) is 4.69. The number of hydrogen-bond acceptors (Lipinski definition) is 7. The van der Waals surface area contributed by atoms with Gasteiger partial charge in [-0.1, -0.05) is 0 Å². The summed E-state index contributed by atoms with van der Waals surface area (Å²) < 4.78 is 10.8. The van der Waals surface area contributed by atoms with Crippen LogP contribution in [0.15, 0.2) is 34.1 Å². The molecule has 8 nitrogen and oxygen atoms in total. The van der Waals surface area contributed by atoms with E-state index >= 15 is 0 Å². The van der Waals surface area contributed by atoms with Gasteiger partial charge in [0.2, 0.25) is 0 Å². The number of methoxy groups -OCH3 is 1. The molecule has 2 aromatic rings. The first-order valence-corrected chi connectivity index (χ1v) is 8.52. The highest BCUT2D eigenvalue weighted by atomic mass is 79.9. The van der Waals surface area contributed by atoms with Crippen molar-refractivity contribution in [1.82, 2.24) is 0 Å². The zero-order chi connectivity index (χ0) is 18.6. The van der Waals surface area contributed by atoms with Crippen molar-refractivity contribution < 1.29 is 24.0 Å². The molecular formula is C15H13BrN2O6S. The third kappa shape index (κ3) is 4.77. The lowest BCUT2D eigenvalue weighted by molar-refractivity contribution is -0.384. The van der Waals surface area contributed by atoms with Crippen LogP contribution in [0, 0.1) is 10.1 Å². The molecule has 0 saturated heterocycles. The van der Waals surface area contributed by atoms with Crippen molar-refractivity contribution in [2.75, 3.05) is 12.4 Å². The lowest BCUT2D eigenvalue weighted by Crippen LogP contribution is -2.30. The molecule has 0 bridgehead atoms. The summed E-state index contributed by atoms with van der Waals surface area (Å²) in [5.74, 6) is -1.05. The van der Waals surface area contributed by atoms with Crippen molar-refractivity contribution in [1.29, 1.82) is 0 Å². The SMILES string of the molecule is COc1ccc(NC(=O)C(C)OC(=O)c2ccc(Br)s2)c([N+](=O)[O-])c1. The van der Waals surface area contributed by atoms with Crippen molar-refractivity contribution in [3.63, 3.8) is 0 Å². The fourth-order valence-corrected chi connectivity index (χ4v) is 3.09. The normalized spacial score (nSPS) is 11.5. The first kappa shape index (κ1) is 18.9. The monoisotopic (exact) mass is 428 g/mol. The molecule has 0 aliphatic heterocycles. The number of hydrogen-bond donors (Lipinski definition) is 1. The van der Waals surface area contributed by atoms with Gasteiger partial charge < -0.3 is 14.8 Å². The molecule has 0 radical (unpaired) electrons. The van der Waals surface area contributed by atoms with Gasteiger partial charge in [-0.05, 0) is 47.1 Å². The van der Waals surface area contributed by atoms with E-state index in [1.54, 1.807) is 12.1 Å². The van der Waals surface area contributed by atoms with Crippen LogP contribution in [0.5, 0.6) is 5.75 Å². The summed E-state index contributed by atoms with van der Waals surface area (Å²) in [5, 5.41) is 13.5. The number of nitrogens with zero attached hydrogens (tertiary/aromatic N) is 1. The molecule has 0 fully saturated rings. The quantitative estimate of drug-likeness (QED) is 0.427. The lowest BCUT2D eigenvalue weighted by atomic mass is 10.2. The second-order valence-electron chi connectivity index (χ2n) is 4.78. The largest absolute Gasteiger partial charge is 0.496 e. The summed E-state index contributed by atoms with van der Waals surface area (Å²) in [4.78, 5) is 34.9. The molecule has 25 heavy (non-hydrogen) atoms. The Hall–Kier alpha value is -2.46. The second kappa shape index (κ2) is 8.08. The number of anilines is 1. The summed E-state index contributed by atoms with van der Waals surface area (Å²) >= 11 is 4.40. The molecule has 1 aromatic carbocycles. The van der Waals surface area contributed by atoms with Gasteiger partial charge in [-0.3, -0.25) is 14.9 Å². The van der Waals surface area contributed by atoms with Crippen LogP contribution in [0.3, 0.4) is 0 Å². The van der Waals surface area contributed by atoms with Crippen LogP contribution >= 0.6 is 27.3 Å². The van der Waals surface area contributed by atoms with Crippen LogP contribution in [-0.4, -0.2) is 30.0 Å². The zero-order valence-corrected chi connectivity index (χ0v) is 15.5. The topological polar surface area (TPSA) is 108 Å². The first-order chi connectivity index (χ1) is 11.8. The van der Waals surface area contributed by atoms with E-state index in [9.17, 15) is 19.7 Å². The highest BCUT2D eigenvalue weighted by Gasteiger charge is 2.23. The Kier molecular flexibility index (Phi) is 6.10. The molecule has 0 aliphatic carbocycles. The summed E-state index contributed by atoms with van der Waals surface area (Å²) in [6.45, 7) is 1.38. The molecule has 1 heterocycles. The van der Waals surface area contributed by atoms with Crippen LogP contribution in [0.4, 0.5) is 11.4 Å². The predicted octanol–water partition coefficient (Wildman–Crippen LogP) is 3.61. The van der Waals surface area contributed by atoms with Crippen molar-refractivity contribution in [2.45, 2.75) is 13.0 Å². The van der Waals surface area contributed by atoms with Crippen LogP contribution in [-0.2, 0) is 9.53 Å².